The lowest BCUT2D eigenvalue weighted by Crippen LogP contribution is -2.41. The van der Waals surface area contributed by atoms with Crippen molar-refractivity contribution in [3.8, 4) is 0 Å². The van der Waals surface area contributed by atoms with Crippen LogP contribution in [-0.2, 0) is 4.79 Å². The normalized spacial score (nSPS) is 28.7. The van der Waals surface area contributed by atoms with Gasteiger partial charge in [0.05, 0.1) is 0 Å². The lowest BCUT2D eigenvalue weighted by molar-refractivity contribution is -0.132. The van der Waals surface area contributed by atoms with Gasteiger partial charge in [-0.2, -0.15) is 11.8 Å². The summed E-state index contributed by atoms with van der Waals surface area (Å²) < 4.78 is 0. The summed E-state index contributed by atoms with van der Waals surface area (Å²) in [5, 5.41) is 9.88. The summed E-state index contributed by atoms with van der Waals surface area (Å²) in [5.41, 5.74) is 0.288. The van der Waals surface area contributed by atoms with Gasteiger partial charge in [0.1, 0.15) is 0 Å². The van der Waals surface area contributed by atoms with E-state index < -0.39 is 5.97 Å². The third kappa shape index (κ3) is 3.35. The molecule has 1 aliphatic heterocycles. The molecule has 0 aromatic carbocycles. The SMILES string of the molecule is C=C(CN1CC(C)SC(C)C1)C(=O)O. The molecule has 0 radical (unpaired) electrons. The highest BCUT2D eigenvalue weighted by atomic mass is 32.2. The summed E-state index contributed by atoms with van der Waals surface area (Å²) in [6, 6.07) is 0. The summed E-state index contributed by atoms with van der Waals surface area (Å²) in [5.74, 6) is -0.886. The van der Waals surface area contributed by atoms with Gasteiger partial charge in [0.25, 0.3) is 0 Å². The summed E-state index contributed by atoms with van der Waals surface area (Å²) >= 11 is 1.96. The molecule has 1 fully saturated rings. The van der Waals surface area contributed by atoms with E-state index in [9.17, 15) is 4.79 Å². The van der Waals surface area contributed by atoms with Crippen LogP contribution in [0, 0.1) is 0 Å². The molecular formula is C10H17NO2S. The van der Waals surface area contributed by atoms with Gasteiger partial charge in [0, 0.05) is 35.7 Å². The first-order valence-electron chi connectivity index (χ1n) is 4.78. The molecule has 1 aliphatic rings. The second-order valence-electron chi connectivity index (χ2n) is 3.86. The number of hydrogen-bond acceptors (Lipinski definition) is 3. The maximum Gasteiger partial charge on any atom is 0.332 e. The summed E-state index contributed by atoms with van der Waals surface area (Å²) in [6.45, 7) is 10.3. The molecule has 0 aromatic heterocycles. The van der Waals surface area contributed by atoms with Crippen molar-refractivity contribution < 1.29 is 9.90 Å². The lowest BCUT2D eigenvalue weighted by atomic mass is 10.2. The van der Waals surface area contributed by atoms with Gasteiger partial charge in [0.15, 0.2) is 0 Å². The van der Waals surface area contributed by atoms with E-state index in [1.54, 1.807) is 0 Å². The van der Waals surface area contributed by atoms with E-state index in [1.807, 2.05) is 11.8 Å². The van der Waals surface area contributed by atoms with Crippen molar-refractivity contribution in [3.63, 3.8) is 0 Å². The Balaban J connectivity index is 2.44. The molecule has 0 aromatic rings. The predicted molar refractivity (Wildman–Crippen MR) is 59.7 cm³/mol. The number of aliphatic carboxylic acids is 1. The Kier molecular flexibility index (Phi) is 4.01. The van der Waals surface area contributed by atoms with Crippen molar-refractivity contribution in [1.82, 2.24) is 4.90 Å². The first kappa shape index (κ1) is 11.6. The molecule has 1 saturated heterocycles. The molecule has 2 unspecified atom stereocenters. The van der Waals surface area contributed by atoms with Crippen molar-refractivity contribution in [2.24, 2.45) is 0 Å². The number of thioether (sulfide) groups is 1. The minimum atomic E-state index is -0.886. The van der Waals surface area contributed by atoms with E-state index in [0.29, 0.717) is 17.0 Å². The van der Waals surface area contributed by atoms with E-state index in [4.69, 9.17) is 5.11 Å². The van der Waals surface area contributed by atoms with Gasteiger partial charge < -0.3 is 5.11 Å². The molecule has 3 nitrogen and oxygen atoms in total. The molecular weight excluding hydrogens is 198 g/mol. The van der Waals surface area contributed by atoms with Gasteiger partial charge >= 0.3 is 5.97 Å². The van der Waals surface area contributed by atoms with Gasteiger partial charge in [-0.3, -0.25) is 4.90 Å². The molecule has 1 rings (SSSR count). The molecule has 4 heteroatoms. The van der Waals surface area contributed by atoms with Crippen LogP contribution < -0.4 is 0 Å². The van der Waals surface area contributed by atoms with Gasteiger partial charge in [-0.25, -0.2) is 4.79 Å². The highest BCUT2D eigenvalue weighted by Gasteiger charge is 2.23. The van der Waals surface area contributed by atoms with Gasteiger partial charge in [0.2, 0.25) is 0 Å². The Morgan fingerprint density at radius 1 is 1.50 bits per heavy atom. The minimum Gasteiger partial charge on any atom is -0.478 e. The number of carbonyl (C=O) groups is 1. The van der Waals surface area contributed by atoms with Gasteiger partial charge in [-0.05, 0) is 0 Å². The molecule has 0 amide bonds. The predicted octanol–water partition coefficient (Wildman–Crippen LogP) is 1.45. The molecule has 0 spiro atoms. The van der Waals surface area contributed by atoms with Crippen molar-refractivity contribution in [1.29, 1.82) is 0 Å². The molecule has 14 heavy (non-hydrogen) atoms. The largest absolute Gasteiger partial charge is 0.478 e. The molecule has 0 aliphatic carbocycles. The summed E-state index contributed by atoms with van der Waals surface area (Å²) in [6.07, 6.45) is 0. The van der Waals surface area contributed by atoms with Gasteiger partial charge in [-0.15, -0.1) is 0 Å². The Labute approximate surface area is 89.2 Å². The van der Waals surface area contributed by atoms with Crippen LogP contribution in [0.4, 0.5) is 0 Å². The standard InChI is InChI=1S/C10H17NO2S/c1-7(10(12)13)4-11-5-8(2)14-9(3)6-11/h8-9H,1,4-6H2,2-3H3,(H,12,13). The summed E-state index contributed by atoms with van der Waals surface area (Å²) in [7, 11) is 0. The molecule has 0 saturated carbocycles. The van der Waals surface area contributed by atoms with Crippen LogP contribution in [0.15, 0.2) is 12.2 Å². The number of carboxylic acids is 1. The van der Waals surface area contributed by atoms with Crippen LogP contribution in [0.2, 0.25) is 0 Å². The molecule has 1 heterocycles. The van der Waals surface area contributed by atoms with Crippen molar-refractivity contribution in [2.75, 3.05) is 19.6 Å². The maximum atomic E-state index is 10.6. The van der Waals surface area contributed by atoms with Crippen LogP contribution in [0.25, 0.3) is 0 Å². The first-order valence-corrected chi connectivity index (χ1v) is 5.72. The van der Waals surface area contributed by atoms with Crippen molar-refractivity contribution in [3.05, 3.63) is 12.2 Å². The van der Waals surface area contributed by atoms with Crippen LogP contribution in [0.5, 0.6) is 0 Å². The zero-order chi connectivity index (χ0) is 10.7. The lowest BCUT2D eigenvalue weighted by Gasteiger charge is -2.34. The maximum absolute atomic E-state index is 10.6. The van der Waals surface area contributed by atoms with Crippen LogP contribution in [-0.4, -0.2) is 46.1 Å². The quantitative estimate of drug-likeness (QED) is 0.723. The highest BCUT2D eigenvalue weighted by Crippen LogP contribution is 2.24. The van der Waals surface area contributed by atoms with Crippen LogP contribution in [0.1, 0.15) is 13.8 Å². The second kappa shape index (κ2) is 4.84. The highest BCUT2D eigenvalue weighted by molar-refractivity contribution is 8.00. The number of nitrogens with zero attached hydrogens (tertiary/aromatic N) is 1. The fraction of sp³-hybridized carbons (Fsp3) is 0.700. The average Bonchev–Trinajstić information content (AvgIpc) is 2.01. The Bertz CT molecular complexity index is 232. The van der Waals surface area contributed by atoms with Crippen LogP contribution >= 0.6 is 11.8 Å². The fourth-order valence-corrected chi connectivity index (χ4v) is 3.14. The monoisotopic (exact) mass is 215 g/mol. The topological polar surface area (TPSA) is 40.5 Å². The number of carboxylic acid groups (broad SMARTS) is 1. The van der Waals surface area contributed by atoms with E-state index in [1.165, 1.54) is 0 Å². The minimum absolute atomic E-state index is 0.288. The third-order valence-corrected chi connectivity index (χ3v) is 3.44. The van der Waals surface area contributed by atoms with E-state index in [0.717, 1.165) is 13.1 Å². The summed E-state index contributed by atoms with van der Waals surface area (Å²) in [4.78, 5) is 12.8. The Morgan fingerprint density at radius 3 is 2.43 bits per heavy atom. The zero-order valence-electron chi connectivity index (χ0n) is 8.69. The smallest absolute Gasteiger partial charge is 0.332 e. The van der Waals surface area contributed by atoms with E-state index in [-0.39, 0.29) is 5.57 Å². The second-order valence-corrected chi connectivity index (χ2v) is 5.74. The molecule has 0 bridgehead atoms. The third-order valence-electron chi connectivity index (χ3n) is 2.21. The molecule has 2 atom stereocenters. The zero-order valence-corrected chi connectivity index (χ0v) is 9.51. The van der Waals surface area contributed by atoms with E-state index in [2.05, 4.69) is 25.3 Å². The van der Waals surface area contributed by atoms with Crippen LogP contribution in [0.3, 0.4) is 0 Å². The van der Waals surface area contributed by atoms with Crippen molar-refractivity contribution >= 4 is 17.7 Å². The molecule has 80 valence electrons. The molecule has 1 N–H and O–H groups in total. The van der Waals surface area contributed by atoms with Crippen molar-refractivity contribution in [2.45, 2.75) is 24.3 Å². The first-order chi connectivity index (χ1) is 6.49. The van der Waals surface area contributed by atoms with Gasteiger partial charge in [-0.1, -0.05) is 20.4 Å². The Morgan fingerprint density at radius 2 is 2.00 bits per heavy atom. The number of rotatable bonds is 3. The number of hydrogen-bond donors (Lipinski definition) is 1. The Hall–Kier alpha value is -0.480. The average molecular weight is 215 g/mol. The van der Waals surface area contributed by atoms with E-state index >= 15 is 0 Å². The fourth-order valence-electron chi connectivity index (χ4n) is 1.75.